The van der Waals surface area contributed by atoms with E-state index in [1.807, 2.05) is 0 Å². The van der Waals surface area contributed by atoms with E-state index in [2.05, 4.69) is 4.89 Å². The van der Waals surface area contributed by atoms with E-state index in [0.29, 0.717) is 0 Å². The van der Waals surface area contributed by atoms with Gasteiger partial charge in [0.15, 0.2) is 0 Å². The van der Waals surface area contributed by atoms with Gasteiger partial charge in [-0.05, 0) is 0 Å². The average molecular weight is 80.1 g/mol. The molecule has 0 saturated heterocycles. The summed E-state index contributed by atoms with van der Waals surface area (Å²) >= 11 is 0. The van der Waals surface area contributed by atoms with E-state index >= 15 is 0 Å². The maximum atomic E-state index is 7.07. The summed E-state index contributed by atoms with van der Waals surface area (Å²) in [5.74, 6) is 0. The Kier molecular flexibility index (Phi) is 73.6. The first-order valence-electron chi connectivity index (χ1n) is 1.04. The Morgan fingerprint density at radius 1 is 1.40 bits per heavy atom. The minimum absolute atomic E-state index is 1.00. The smallest absolute Gasteiger partial charge is 0.0710 e. The first kappa shape index (κ1) is 8.86. The van der Waals surface area contributed by atoms with E-state index < -0.39 is 0 Å². The Balaban J connectivity index is 0. The van der Waals surface area contributed by atoms with E-state index in [0.717, 1.165) is 7.11 Å². The highest BCUT2D eigenvalue weighted by Crippen LogP contribution is 1.26. The molecule has 0 bridgehead atoms. The Hall–Kier alpha value is -0.120. The van der Waals surface area contributed by atoms with Gasteiger partial charge >= 0.3 is 0 Å². The Morgan fingerprint density at radius 2 is 1.40 bits per heavy atom. The zero-order valence-corrected chi connectivity index (χ0v) is 3.30. The minimum atomic E-state index is 1.00. The Morgan fingerprint density at radius 3 is 1.40 bits per heavy atom. The van der Waals surface area contributed by atoms with E-state index in [4.69, 9.17) is 10.4 Å². The van der Waals surface area contributed by atoms with Crippen molar-refractivity contribution in [1.82, 2.24) is 0 Å². The van der Waals surface area contributed by atoms with Gasteiger partial charge in [-0.1, -0.05) is 0 Å². The molecule has 0 atom stereocenters. The maximum Gasteiger partial charge on any atom is 0.0710 e. The molecule has 0 aromatic heterocycles. The van der Waals surface area contributed by atoms with Crippen LogP contribution in [0.2, 0.25) is 0 Å². The van der Waals surface area contributed by atoms with Crippen LogP contribution < -0.4 is 0 Å². The molecule has 0 saturated carbocycles. The van der Waals surface area contributed by atoms with Crippen LogP contribution in [0.3, 0.4) is 0 Å². The zero-order valence-electron chi connectivity index (χ0n) is 3.30. The first-order valence-corrected chi connectivity index (χ1v) is 1.04. The average Bonchev–Trinajstić information content (AvgIpc) is 1.46. The molecule has 3 heteroatoms. The minimum Gasteiger partial charge on any atom is -0.400 e. The van der Waals surface area contributed by atoms with Crippen molar-refractivity contribution >= 4 is 0 Å². The Bertz CT molecular complexity index is 4.85. The fourth-order valence-corrected chi connectivity index (χ4v) is 0. The fourth-order valence-electron chi connectivity index (χ4n) is 0. The lowest BCUT2D eigenvalue weighted by Crippen LogP contribution is -1.57. The van der Waals surface area contributed by atoms with Gasteiger partial charge in [0.2, 0.25) is 0 Å². The predicted octanol–water partition coefficient (Wildman–Crippen LogP) is -0.286. The van der Waals surface area contributed by atoms with Gasteiger partial charge in [-0.2, -0.15) is 0 Å². The molecule has 0 aromatic carbocycles. The van der Waals surface area contributed by atoms with Crippen molar-refractivity contribution in [3.8, 4) is 0 Å². The maximum absolute atomic E-state index is 7.07. The molecule has 0 spiro atoms. The zero-order chi connectivity index (χ0) is 4.71. The van der Waals surface area contributed by atoms with Crippen molar-refractivity contribution < 1.29 is 15.3 Å². The summed E-state index contributed by atoms with van der Waals surface area (Å²) in [5.41, 5.74) is 0. The number of aliphatic hydroxyl groups is 1. The lowest BCUT2D eigenvalue weighted by atomic mass is 11.8. The largest absolute Gasteiger partial charge is 0.400 e. The SMILES string of the molecule is CO.COO. The van der Waals surface area contributed by atoms with Crippen molar-refractivity contribution in [2.24, 2.45) is 0 Å². The van der Waals surface area contributed by atoms with Gasteiger partial charge in [0, 0.05) is 7.11 Å². The van der Waals surface area contributed by atoms with E-state index in [-0.39, 0.29) is 0 Å². The predicted molar refractivity (Wildman–Crippen MR) is 17.8 cm³/mol. The second kappa shape index (κ2) is 41.6. The molecule has 0 aliphatic rings. The number of hydrogen-bond acceptors (Lipinski definition) is 3. The molecular formula is C2H8O3. The van der Waals surface area contributed by atoms with Crippen LogP contribution >= 0.6 is 0 Å². The highest BCUT2D eigenvalue weighted by Gasteiger charge is 1.26. The van der Waals surface area contributed by atoms with Crippen LogP contribution in [0.15, 0.2) is 0 Å². The number of aliphatic hydroxyl groups excluding tert-OH is 1. The molecule has 5 heavy (non-hydrogen) atoms. The third kappa shape index (κ3) is 952. The van der Waals surface area contributed by atoms with E-state index in [1.165, 1.54) is 7.11 Å². The molecule has 34 valence electrons. The van der Waals surface area contributed by atoms with Gasteiger partial charge < -0.3 is 5.11 Å². The van der Waals surface area contributed by atoms with Crippen LogP contribution in [-0.4, -0.2) is 24.6 Å². The van der Waals surface area contributed by atoms with Gasteiger partial charge in [-0.3, -0.25) is 5.26 Å². The van der Waals surface area contributed by atoms with Crippen LogP contribution in [0, 0.1) is 0 Å². The van der Waals surface area contributed by atoms with E-state index in [1.54, 1.807) is 0 Å². The third-order valence-electron chi connectivity index (χ3n) is 0. The summed E-state index contributed by atoms with van der Waals surface area (Å²) in [6.45, 7) is 0. The van der Waals surface area contributed by atoms with Crippen LogP contribution in [-0.2, 0) is 4.89 Å². The molecular weight excluding hydrogens is 72.0 g/mol. The molecule has 0 rings (SSSR count). The van der Waals surface area contributed by atoms with Crippen molar-refractivity contribution in [2.75, 3.05) is 14.2 Å². The van der Waals surface area contributed by atoms with Crippen molar-refractivity contribution in [3.63, 3.8) is 0 Å². The molecule has 0 aliphatic heterocycles. The Labute approximate surface area is 30.7 Å². The van der Waals surface area contributed by atoms with Gasteiger partial charge in [0.1, 0.15) is 0 Å². The quantitative estimate of drug-likeness (QED) is 0.310. The standard InChI is InChI=1S/CH4O2.CH4O/c1-3-2;1-2/h2H,1H3;2H,1H3. The summed E-state index contributed by atoms with van der Waals surface area (Å²) in [6.07, 6.45) is 0. The summed E-state index contributed by atoms with van der Waals surface area (Å²) in [6, 6.07) is 0. The topological polar surface area (TPSA) is 49.7 Å². The second-order valence-corrected chi connectivity index (χ2v) is 0.183. The molecule has 0 radical (unpaired) electrons. The molecule has 0 heterocycles. The summed E-state index contributed by atoms with van der Waals surface area (Å²) in [4.78, 5) is 3.25. The van der Waals surface area contributed by atoms with Crippen LogP contribution in [0.4, 0.5) is 0 Å². The molecule has 0 aliphatic carbocycles. The van der Waals surface area contributed by atoms with Gasteiger partial charge in [0.25, 0.3) is 0 Å². The summed E-state index contributed by atoms with van der Waals surface area (Å²) < 4.78 is 0. The fraction of sp³-hybridized carbons (Fsp3) is 1.00. The number of rotatable bonds is 0. The van der Waals surface area contributed by atoms with Crippen LogP contribution in [0.25, 0.3) is 0 Å². The third-order valence-corrected chi connectivity index (χ3v) is 0. The number of hydrogen-bond donors (Lipinski definition) is 2. The van der Waals surface area contributed by atoms with Crippen molar-refractivity contribution in [3.05, 3.63) is 0 Å². The highest BCUT2D eigenvalue weighted by atomic mass is 17.1. The van der Waals surface area contributed by atoms with E-state index in [9.17, 15) is 0 Å². The monoisotopic (exact) mass is 80.0 g/mol. The lowest BCUT2D eigenvalue weighted by Gasteiger charge is -1.59. The molecule has 3 nitrogen and oxygen atoms in total. The summed E-state index contributed by atoms with van der Waals surface area (Å²) in [5, 5.41) is 14.1. The van der Waals surface area contributed by atoms with Crippen LogP contribution in [0.5, 0.6) is 0 Å². The molecule has 0 unspecified atom stereocenters. The van der Waals surface area contributed by atoms with Gasteiger partial charge in [-0.15, -0.1) is 0 Å². The molecule has 2 N–H and O–H groups in total. The highest BCUT2D eigenvalue weighted by molar-refractivity contribution is 3.30. The van der Waals surface area contributed by atoms with Gasteiger partial charge in [-0.25, -0.2) is 4.89 Å². The molecule has 0 fully saturated rings. The lowest BCUT2D eigenvalue weighted by molar-refractivity contribution is -0.214. The normalized spacial score (nSPS) is 4.80. The van der Waals surface area contributed by atoms with Crippen molar-refractivity contribution in [1.29, 1.82) is 0 Å². The molecule has 0 amide bonds. The van der Waals surface area contributed by atoms with Gasteiger partial charge in [0.05, 0.1) is 7.11 Å². The first-order chi connectivity index (χ1) is 2.41. The summed E-state index contributed by atoms with van der Waals surface area (Å²) in [7, 11) is 2.18. The molecule has 0 aromatic rings. The van der Waals surface area contributed by atoms with Crippen LogP contribution in [0.1, 0.15) is 0 Å². The van der Waals surface area contributed by atoms with Crippen molar-refractivity contribution in [2.45, 2.75) is 0 Å². The second-order valence-electron chi connectivity index (χ2n) is 0.183.